The Bertz CT molecular complexity index is 455. The molecule has 2 unspecified atom stereocenters. The molecule has 1 saturated heterocycles. The van der Waals surface area contributed by atoms with E-state index in [0.29, 0.717) is 5.92 Å². The minimum atomic E-state index is 0. The maximum absolute atomic E-state index is 5.99. The molecule has 0 saturated carbocycles. The number of halogens is 2. The standard InChI is InChI=1S/C15H25N3O.2ClH/c1-10-7-17-14(11(2)15(10)19-4)9-18-6-5-13(8-18)12(3)16;;/h7,12-13H,5-6,8-9,16H2,1-4H3;2*1H. The molecule has 2 N–H and O–H groups in total. The molecule has 2 rings (SSSR count). The summed E-state index contributed by atoms with van der Waals surface area (Å²) in [5.74, 6) is 1.58. The minimum absolute atomic E-state index is 0. The lowest BCUT2D eigenvalue weighted by molar-refractivity contribution is 0.303. The lowest BCUT2D eigenvalue weighted by Gasteiger charge is -2.19. The van der Waals surface area contributed by atoms with Gasteiger partial charge in [-0.1, -0.05) is 0 Å². The van der Waals surface area contributed by atoms with Gasteiger partial charge in [-0.3, -0.25) is 9.88 Å². The molecule has 122 valence electrons. The van der Waals surface area contributed by atoms with Crippen LogP contribution in [0.4, 0.5) is 0 Å². The summed E-state index contributed by atoms with van der Waals surface area (Å²) in [7, 11) is 1.72. The van der Waals surface area contributed by atoms with Gasteiger partial charge in [-0.25, -0.2) is 0 Å². The number of hydrogen-bond acceptors (Lipinski definition) is 4. The van der Waals surface area contributed by atoms with E-state index < -0.39 is 0 Å². The first-order valence-electron chi connectivity index (χ1n) is 7.00. The number of pyridine rings is 1. The normalized spacial score (nSPS) is 19.6. The van der Waals surface area contributed by atoms with Crippen LogP contribution in [0.25, 0.3) is 0 Å². The van der Waals surface area contributed by atoms with Gasteiger partial charge in [-0.15, -0.1) is 24.8 Å². The molecule has 4 nitrogen and oxygen atoms in total. The van der Waals surface area contributed by atoms with Gasteiger partial charge in [0.05, 0.1) is 12.8 Å². The molecule has 0 bridgehead atoms. The van der Waals surface area contributed by atoms with E-state index in [4.69, 9.17) is 10.5 Å². The summed E-state index contributed by atoms with van der Waals surface area (Å²) >= 11 is 0. The third-order valence-electron chi connectivity index (χ3n) is 4.18. The monoisotopic (exact) mass is 335 g/mol. The molecule has 0 aromatic carbocycles. The van der Waals surface area contributed by atoms with Crippen molar-refractivity contribution in [2.24, 2.45) is 11.7 Å². The highest BCUT2D eigenvalue weighted by Crippen LogP contribution is 2.26. The lowest BCUT2D eigenvalue weighted by atomic mass is 10.0. The smallest absolute Gasteiger partial charge is 0.128 e. The van der Waals surface area contributed by atoms with Crippen molar-refractivity contribution in [2.45, 2.75) is 39.8 Å². The fraction of sp³-hybridized carbons (Fsp3) is 0.667. The van der Waals surface area contributed by atoms with Gasteiger partial charge in [-0.05, 0) is 39.7 Å². The maximum atomic E-state index is 5.99. The quantitative estimate of drug-likeness (QED) is 0.919. The van der Waals surface area contributed by atoms with Crippen LogP contribution in [0.5, 0.6) is 5.75 Å². The second kappa shape index (κ2) is 8.79. The van der Waals surface area contributed by atoms with E-state index in [2.05, 4.69) is 23.7 Å². The number of rotatable bonds is 4. The average Bonchev–Trinajstić information content (AvgIpc) is 2.82. The Morgan fingerprint density at radius 2 is 2.10 bits per heavy atom. The van der Waals surface area contributed by atoms with Crippen molar-refractivity contribution in [1.82, 2.24) is 9.88 Å². The van der Waals surface area contributed by atoms with Crippen molar-refractivity contribution >= 4 is 24.8 Å². The molecular formula is C15H27Cl2N3O. The van der Waals surface area contributed by atoms with Crippen LogP contribution in [0, 0.1) is 19.8 Å². The zero-order valence-electron chi connectivity index (χ0n) is 13.3. The Hall–Kier alpha value is -0.550. The molecule has 6 heteroatoms. The van der Waals surface area contributed by atoms with Gasteiger partial charge < -0.3 is 10.5 Å². The van der Waals surface area contributed by atoms with E-state index in [9.17, 15) is 0 Å². The summed E-state index contributed by atoms with van der Waals surface area (Å²) in [6.45, 7) is 9.31. The van der Waals surface area contributed by atoms with E-state index in [-0.39, 0.29) is 30.9 Å². The highest BCUT2D eigenvalue weighted by atomic mass is 35.5. The molecule has 1 aliphatic rings. The molecule has 0 amide bonds. The number of methoxy groups -OCH3 is 1. The number of aromatic nitrogens is 1. The summed E-state index contributed by atoms with van der Waals surface area (Å²) in [4.78, 5) is 7.01. The second-order valence-electron chi connectivity index (χ2n) is 5.69. The molecule has 1 aromatic rings. The average molecular weight is 336 g/mol. The van der Waals surface area contributed by atoms with E-state index in [1.54, 1.807) is 7.11 Å². The summed E-state index contributed by atoms with van der Waals surface area (Å²) in [6, 6.07) is 0.284. The van der Waals surface area contributed by atoms with Crippen LogP contribution in [0.2, 0.25) is 0 Å². The largest absolute Gasteiger partial charge is 0.496 e. The van der Waals surface area contributed by atoms with Gasteiger partial charge in [0.15, 0.2) is 0 Å². The molecular weight excluding hydrogens is 309 g/mol. The summed E-state index contributed by atoms with van der Waals surface area (Å²) in [6.07, 6.45) is 3.10. The molecule has 1 fully saturated rings. The molecule has 1 aliphatic heterocycles. The van der Waals surface area contributed by atoms with E-state index >= 15 is 0 Å². The Labute approximate surface area is 140 Å². The topological polar surface area (TPSA) is 51.4 Å². The van der Waals surface area contributed by atoms with Crippen molar-refractivity contribution in [1.29, 1.82) is 0 Å². The van der Waals surface area contributed by atoms with E-state index in [0.717, 1.165) is 42.2 Å². The van der Waals surface area contributed by atoms with Crippen molar-refractivity contribution in [2.75, 3.05) is 20.2 Å². The molecule has 1 aromatic heterocycles. The second-order valence-corrected chi connectivity index (χ2v) is 5.69. The summed E-state index contributed by atoms with van der Waals surface area (Å²) < 4.78 is 5.46. The van der Waals surface area contributed by atoms with Crippen LogP contribution in [0.1, 0.15) is 30.2 Å². The fourth-order valence-corrected chi connectivity index (χ4v) is 2.88. The van der Waals surface area contributed by atoms with E-state index in [1.807, 2.05) is 13.1 Å². The van der Waals surface area contributed by atoms with Gasteiger partial charge >= 0.3 is 0 Å². The third kappa shape index (κ3) is 4.71. The van der Waals surface area contributed by atoms with Gasteiger partial charge in [0.1, 0.15) is 5.75 Å². The zero-order chi connectivity index (χ0) is 14.0. The number of likely N-dealkylation sites (tertiary alicyclic amines) is 1. The first-order valence-corrected chi connectivity index (χ1v) is 7.00. The molecule has 2 heterocycles. The highest BCUT2D eigenvalue weighted by Gasteiger charge is 2.26. The third-order valence-corrected chi connectivity index (χ3v) is 4.18. The fourth-order valence-electron chi connectivity index (χ4n) is 2.88. The van der Waals surface area contributed by atoms with E-state index in [1.165, 1.54) is 6.42 Å². The molecule has 0 radical (unpaired) electrons. The molecule has 0 spiro atoms. The van der Waals surface area contributed by atoms with Gasteiger partial charge in [0.25, 0.3) is 0 Å². The van der Waals surface area contributed by atoms with Gasteiger partial charge in [0, 0.05) is 36.5 Å². The van der Waals surface area contributed by atoms with Crippen LogP contribution in [0.15, 0.2) is 6.20 Å². The summed E-state index contributed by atoms with van der Waals surface area (Å²) in [5, 5.41) is 0. The predicted molar refractivity (Wildman–Crippen MR) is 91.8 cm³/mol. The number of ether oxygens (including phenoxy) is 1. The van der Waals surface area contributed by atoms with Crippen LogP contribution in [0.3, 0.4) is 0 Å². The number of nitrogens with two attached hydrogens (primary N) is 1. The van der Waals surface area contributed by atoms with Gasteiger partial charge in [-0.2, -0.15) is 0 Å². The number of aryl methyl sites for hydroxylation is 1. The van der Waals surface area contributed by atoms with Crippen molar-refractivity contribution < 1.29 is 4.74 Å². The van der Waals surface area contributed by atoms with Gasteiger partial charge in [0.2, 0.25) is 0 Å². The van der Waals surface area contributed by atoms with Crippen molar-refractivity contribution in [3.63, 3.8) is 0 Å². The van der Waals surface area contributed by atoms with Crippen LogP contribution in [-0.4, -0.2) is 36.1 Å². The minimum Gasteiger partial charge on any atom is -0.496 e. The van der Waals surface area contributed by atoms with Crippen LogP contribution in [-0.2, 0) is 6.54 Å². The summed E-state index contributed by atoms with van der Waals surface area (Å²) in [5.41, 5.74) is 9.36. The van der Waals surface area contributed by atoms with Crippen LogP contribution < -0.4 is 10.5 Å². The predicted octanol–water partition coefficient (Wildman–Crippen LogP) is 2.72. The SMILES string of the molecule is COc1c(C)cnc(CN2CCC(C(C)N)C2)c1C.Cl.Cl. The maximum Gasteiger partial charge on any atom is 0.128 e. The van der Waals surface area contributed by atoms with Crippen molar-refractivity contribution in [3.8, 4) is 5.75 Å². The molecule has 21 heavy (non-hydrogen) atoms. The first-order chi connectivity index (χ1) is 9.02. The Morgan fingerprint density at radius 1 is 1.43 bits per heavy atom. The Balaban J connectivity index is 0.00000200. The number of hydrogen-bond donors (Lipinski definition) is 1. The lowest BCUT2D eigenvalue weighted by Crippen LogP contribution is -2.29. The number of nitrogens with zero attached hydrogens (tertiary/aromatic N) is 2. The Kier molecular flexibility index (Phi) is 8.56. The first kappa shape index (κ1) is 20.5. The van der Waals surface area contributed by atoms with Crippen molar-refractivity contribution in [3.05, 3.63) is 23.0 Å². The molecule has 0 aliphatic carbocycles. The zero-order valence-corrected chi connectivity index (χ0v) is 14.9. The highest BCUT2D eigenvalue weighted by molar-refractivity contribution is 5.85. The molecule has 2 atom stereocenters. The Morgan fingerprint density at radius 3 is 2.62 bits per heavy atom. The van der Waals surface area contributed by atoms with Crippen LogP contribution >= 0.6 is 24.8 Å².